The number of nitrogens with zero attached hydrogens (tertiary/aromatic N) is 2. The van der Waals surface area contributed by atoms with Gasteiger partial charge >= 0.3 is 0 Å². The molecule has 1 aliphatic heterocycles. The van der Waals surface area contributed by atoms with E-state index in [1.165, 1.54) is 0 Å². The van der Waals surface area contributed by atoms with Crippen LogP contribution in [0.4, 0.5) is 0 Å². The minimum absolute atomic E-state index is 0.0977. The second kappa shape index (κ2) is 6.03. The number of ether oxygens (including phenoxy) is 1. The van der Waals surface area contributed by atoms with Crippen LogP contribution in [0.1, 0.15) is 45.7 Å². The van der Waals surface area contributed by atoms with Crippen molar-refractivity contribution in [2.45, 2.75) is 58.9 Å². The Morgan fingerprint density at radius 2 is 2.16 bits per heavy atom. The van der Waals surface area contributed by atoms with Crippen LogP contribution >= 0.6 is 0 Å². The Balaban J connectivity index is 2.18. The van der Waals surface area contributed by atoms with Gasteiger partial charge in [0, 0.05) is 24.2 Å². The summed E-state index contributed by atoms with van der Waals surface area (Å²) in [6, 6.07) is 0.0977. The van der Waals surface area contributed by atoms with Crippen LogP contribution in [-0.4, -0.2) is 22.0 Å². The lowest BCUT2D eigenvalue weighted by Crippen LogP contribution is -2.38. The standard InChI is InChI=1S/C14H26N4O/c1-5-6-18-8-12(7-16-18)14(17-15)13-9(2)10(3)19-11(13)4/h7-11,13-14,17H,5-6,15H2,1-4H3. The largest absolute Gasteiger partial charge is 0.375 e. The van der Waals surface area contributed by atoms with Gasteiger partial charge in [-0.15, -0.1) is 0 Å². The summed E-state index contributed by atoms with van der Waals surface area (Å²) < 4.78 is 7.90. The number of hydrogen-bond donors (Lipinski definition) is 2. The normalized spacial score (nSPS) is 32.7. The molecule has 1 aromatic heterocycles. The van der Waals surface area contributed by atoms with Gasteiger partial charge in [0.05, 0.1) is 24.4 Å². The topological polar surface area (TPSA) is 65.1 Å². The highest BCUT2D eigenvalue weighted by Crippen LogP contribution is 2.40. The highest BCUT2D eigenvalue weighted by atomic mass is 16.5. The SMILES string of the molecule is CCCn1cc(C(NN)C2C(C)OC(C)C2C)cn1. The van der Waals surface area contributed by atoms with Crippen molar-refractivity contribution in [2.75, 3.05) is 0 Å². The van der Waals surface area contributed by atoms with E-state index in [1.807, 2.05) is 10.9 Å². The summed E-state index contributed by atoms with van der Waals surface area (Å²) in [4.78, 5) is 0. The zero-order valence-corrected chi connectivity index (χ0v) is 12.3. The number of nitrogens with one attached hydrogen (secondary N) is 1. The molecule has 5 atom stereocenters. The Bertz CT molecular complexity index is 406. The maximum Gasteiger partial charge on any atom is 0.0601 e. The first kappa shape index (κ1) is 14.5. The van der Waals surface area contributed by atoms with E-state index >= 15 is 0 Å². The third kappa shape index (κ3) is 2.83. The minimum atomic E-state index is 0.0977. The van der Waals surface area contributed by atoms with Gasteiger partial charge in [0.25, 0.3) is 0 Å². The van der Waals surface area contributed by atoms with Crippen molar-refractivity contribution in [3.63, 3.8) is 0 Å². The van der Waals surface area contributed by atoms with Crippen molar-refractivity contribution < 1.29 is 4.74 Å². The van der Waals surface area contributed by atoms with Crippen LogP contribution in [0.25, 0.3) is 0 Å². The van der Waals surface area contributed by atoms with Gasteiger partial charge in [-0.25, -0.2) is 0 Å². The van der Waals surface area contributed by atoms with Crippen LogP contribution in [0.3, 0.4) is 0 Å². The van der Waals surface area contributed by atoms with Crippen LogP contribution in [0.15, 0.2) is 12.4 Å². The highest BCUT2D eigenvalue weighted by Gasteiger charge is 2.42. The third-order valence-electron chi connectivity index (χ3n) is 4.35. The fraction of sp³-hybridized carbons (Fsp3) is 0.786. The number of nitrogens with two attached hydrogens (primary N) is 1. The summed E-state index contributed by atoms with van der Waals surface area (Å²) in [5, 5.41) is 4.40. The van der Waals surface area contributed by atoms with Crippen molar-refractivity contribution in [2.24, 2.45) is 17.7 Å². The molecule has 5 heteroatoms. The van der Waals surface area contributed by atoms with Gasteiger partial charge in [-0.3, -0.25) is 16.0 Å². The first-order chi connectivity index (χ1) is 9.08. The number of rotatable bonds is 5. The van der Waals surface area contributed by atoms with Gasteiger partial charge < -0.3 is 4.74 Å². The Labute approximate surface area is 115 Å². The smallest absolute Gasteiger partial charge is 0.0601 e. The minimum Gasteiger partial charge on any atom is -0.375 e. The molecule has 0 aliphatic carbocycles. The molecule has 5 nitrogen and oxygen atoms in total. The molecule has 1 fully saturated rings. The van der Waals surface area contributed by atoms with E-state index in [4.69, 9.17) is 10.6 Å². The number of aromatic nitrogens is 2. The van der Waals surface area contributed by atoms with Crippen molar-refractivity contribution in [1.82, 2.24) is 15.2 Å². The van der Waals surface area contributed by atoms with Gasteiger partial charge in [-0.1, -0.05) is 13.8 Å². The number of hydrogen-bond acceptors (Lipinski definition) is 4. The quantitative estimate of drug-likeness (QED) is 0.630. The van der Waals surface area contributed by atoms with Crippen LogP contribution in [0, 0.1) is 11.8 Å². The fourth-order valence-corrected chi connectivity index (χ4v) is 3.19. The third-order valence-corrected chi connectivity index (χ3v) is 4.35. The fourth-order valence-electron chi connectivity index (χ4n) is 3.19. The molecule has 5 unspecified atom stereocenters. The summed E-state index contributed by atoms with van der Waals surface area (Å²) >= 11 is 0. The molecule has 0 spiro atoms. The van der Waals surface area contributed by atoms with Crippen LogP contribution in [-0.2, 0) is 11.3 Å². The summed E-state index contributed by atoms with van der Waals surface area (Å²) in [5.74, 6) is 6.65. The molecule has 0 aromatic carbocycles. The first-order valence-electron chi connectivity index (χ1n) is 7.22. The van der Waals surface area contributed by atoms with Crippen LogP contribution in [0.5, 0.6) is 0 Å². The van der Waals surface area contributed by atoms with Crippen molar-refractivity contribution in [3.8, 4) is 0 Å². The van der Waals surface area contributed by atoms with Gasteiger partial charge in [0.1, 0.15) is 0 Å². The van der Waals surface area contributed by atoms with E-state index in [0.717, 1.165) is 18.5 Å². The van der Waals surface area contributed by atoms with Gasteiger partial charge in [-0.2, -0.15) is 5.10 Å². The molecule has 0 saturated carbocycles. The van der Waals surface area contributed by atoms with E-state index < -0.39 is 0 Å². The monoisotopic (exact) mass is 266 g/mol. The maximum atomic E-state index is 5.92. The molecule has 2 rings (SSSR count). The lowest BCUT2D eigenvalue weighted by Gasteiger charge is -2.27. The average Bonchev–Trinajstić information content (AvgIpc) is 2.91. The lowest BCUT2D eigenvalue weighted by molar-refractivity contribution is 0.0475. The van der Waals surface area contributed by atoms with E-state index in [-0.39, 0.29) is 18.2 Å². The van der Waals surface area contributed by atoms with Crippen molar-refractivity contribution in [3.05, 3.63) is 18.0 Å². The molecule has 2 heterocycles. The molecule has 3 N–H and O–H groups in total. The molecule has 1 saturated heterocycles. The predicted molar refractivity (Wildman–Crippen MR) is 75.2 cm³/mol. The van der Waals surface area contributed by atoms with Gasteiger partial charge in [0.15, 0.2) is 0 Å². The van der Waals surface area contributed by atoms with Gasteiger partial charge in [-0.05, 0) is 26.2 Å². The number of hydrazine groups is 1. The Morgan fingerprint density at radius 1 is 1.42 bits per heavy atom. The first-order valence-corrected chi connectivity index (χ1v) is 7.22. The molecule has 0 amide bonds. The van der Waals surface area contributed by atoms with Crippen molar-refractivity contribution in [1.29, 1.82) is 0 Å². The second-order valence-electron chi connectivity index (χ2n) is 5.66. The second-order valence-corrected chi connectivity index (χ2v) is 5.66. The lowest BCUT2D eigenvalue weighted by atomic mass is 9.81. The molecule has 1 aromatic rings. The molecule has 108 valence electrons. The van der Waals surface area contributed by atoms with E-state index in [9.17, 15) is 0 Å². The molecule has 19 heavy (non-hydrogen) atoms. The zero-order valence-electron chi connectivity index (χ0n) is 12.3. The van der Waals surface area contributed by atoms with Crippen LogP contribution in [0.2, 0.25) is 0 Å². The predicted octanol–water partition coefficient (Wildman–Crippen LogP) is 1.86. The molecule has 0 bridgehead atoms. The van der Waals surface area contributed by atoms with E-state index in [1.54, 1.807) is 0 Å². The van der Waals surface area contributed by atoms with E-state index in [2.05, 4.69) is 44.4 Å². The Morgan fingerprint density at radius 3 is 2.68 bits per heavy atom. The molecular weight excluding hydrogens is 240 g/mol. The summed E-state index contributed by atoms with van der Waals surface area (Å²) in [6.45, 7) is 9.59. The summed E-state index contributed by atoms with van der Waals surface area (Å²) in [6.07, 6.45) is 5.58. The Kier molecular flexibility index (Phi) is 4.60. The molecule has 0 radical (unpaired) electrons. The average molecular weight is 266 g/mol. The zero-order chi connectivity index (χ0) is 14.0. The van der Waals surface area contributed by atoms with Crippen LogP contribution < -0.4 is 11.3 Å². The molecule has 1 aliphatic rings. The summed E-state index contributed by atoms with van der Waals surface area (Å²) in [7, 11) is 0. The number of aryl methyl sites for hydroxylation is 1. The summed E-state index contributed by atoms with van der Waals surface area (Å²) in [5.41, 5.74) is 4.11. The van der Waals surface area contributed by atoms with Gasteiger partial charge in [0.2, 0.25) is 0 Å². The molecular formula is C14H26N4O. The highest BCUT2D eigenvalue weighted by molar-refractivity contribution is 5.14. The maximum absolute atomic E-state index is 5.92. The van der Waals surface area contributed by atoms with E-state index in [0.29, 0.717) is 11.8 Å². The Hall–Kier alpha value is -0.910. The van der Waals surface area contributed by atoms with Crippen molar-refractivity contribution >= 4 is 0 Å².